The van der Waals surface area contributed by atoms with Crippen LogP contribution in [0.1, 0.15) is 33.1 Å². The van der Waals surface area contributed by atoms with Crippen LogP contribution in [0.2, 0.25) is 0 Å². The molecule has 1 fully saturated rings. The van der Waals surface area contributed by atoms with Crippen LogP contribution in [0.15, 0.2) is 24.3 Å². The third-order valence-corrected chi connectivity index (χ3v) is 4.14. The molecule has 0 spiro atoms. The number of ether oxygens (including phenoxy) is 2. The Labute approximate surface area is 119 Å². The number of nitrogens with one attached hydrogen (secondary N) is 1. The van der Waals surface area contributed by atoms with Crippen LogP contribution in [0.3, 0.4) is 0 Å². The summed E-state index contributed by atoms with van der Waals surface area (Å²) in [6, 6.07) is 7.75. The zero-order valence-corrected chi connectivity index (χ0v) is 12.0. The highest BCUT2D eigenvalue weighted by Gasteiger charge is 2.35. The summed E-state index contributed by atoms with van der Waals surface area (Å²) < 4.78 is 11.6. The van der Waals surface area contributed by atoms with Crippen molar-refractivity contribution in [1.29, 1.82) is 0 Å². The van der Waals surface area contributed by atoms with Crippen LogP contribution in [0.25, 0.3) is 0 Å². The van der Waals surface area contributed by atoms with Gasteiger partial charge in [-0.25, -0.2) is 0 Å². The molecule has 1 aromatic rings. The minimum Gasteiger partial charge on any atom is -0.482 e. The number of carbonyl (C=O) groups excluding carboxylic acids is 1. The molecule has 20 heavy (non-hydrogen) atoms. The third-order valence-electron chi connectivity index (χ3n) is 4.14. The first-order valence-electron chi connectivity index (χ1n) is 7.36. The van der Waals surface area contributed by atoms with Crippen molar-refractivity contribution >= 4 is 5.91 Å². The number of hydrogen-bond donors (Lipinski definition) is 1. The van der Waals surface area contributed by atoms with Gasteiger partial charge >= 0.3 is 0 Å². The zero-order chi connectivity index (χ0) is 14.1. The summed E-state index contributed by atoms with van der Waals surface area (Å²) in [6.45, 7) is 4.10. The second-order valence-electron chi connectivity index (χ2n) is 5.93. The second-order valence-corrected chi connectivity index (χ2v) is 5.93. The average Bonchev–Trinajstić information content (AvgIpc) is 2.83. The van der Waals surface area contributed by atoms with Crippen LogP contribution < -0.4 is 14.8 Å². The topological polar surface area (TPSA) is 47.6 Å². The quantitative estimate of drug-likeness (QED) is 0.902. The van der Waals surface area contributed by atoms with Gasteiger partial charge in [-0.05, 0) is 44.2 Å². The third kappa shape index (κ3) is 2.60. The molecule has 2 aliphatic rings. The fraction of sp³-hybridized carbons (Fsp3) is 0.562. The summed E-state index contributed by atoms with van der Waals surface area (Å²) in [6.07, 6.45) is 2.46. The van der Waals surface area contributed by atoms with Gasteiger partial charge in [0, 0.05) is 6.04 Å². The van der Waals surface area contributed by atoms with Gasteiger partial charge in [0.05, 0.1) is 0 Å². The molecule has 1 N–H and O–H groups in total. The van der Waals surface area contributed by atoms with Crippen molar-refractivity contribution in [2.75, 3.05) is 0 Å². The molecule has 1 amide bonds. The number of amides is 1. The molecule has 0 radical (unpaired) electrons. The van der Waals surface area contributed by atoms with E-state index < -0.39 is 6.10 Å². The maximum Gasteiger partial charge on any atom is 0.265 e. The molecule has 1 aliphatic carbocycles. The molecule has 3 rings (SSSR count). The Hall–Kier alpha value is -1.71. The van der Waals surface area contributed by atoms with Gasteiger partial charge in [-0.2, -0.15) is 0 Å². The fourth-order valence-corrected chi connectivity index (χ4v) is 3.03. The second kappa shape index (κ2) is 5.35. The Morgan fingerprint density at radius 1 is 1.15 bits per heavy atom. The maximum atomic E-state index is 12.4. The average molecular weight is 275 g/mol. The van der Waals surface area contributed by atoms with Gasteiger partial charge in [0.1, 0.15) is 6.10 Å². The van der Waals surface area contributed by atoms with Crippen molar-refractivity contribution in [2.45, 2.75) is 51.4 Å². The van der Waals surface area contributed by atoms with Gasteiger partial charge in [-0.1, -0.05) is 19.1 Å². The monoisotopic (exact) mass is 275 g/mol. The van der Waals surface area contributed by atoms with E-state index in [1.54, 1.807) is 0 Å². The Balaban J connectivity index is 1.66. The highest BCUT2D eigenvalue weighted by atomic mass is 16.6. The first-order valence-corrected chi connectivity index (χ1v) is 7.36. The predicted molar refractivity (Wildman–Crippen MR) is 75.9 cm³/mol. The molecule has 0 bridgehead atoms. The van der Waals surface area contributed by atoms with E-state index in [2.05, 4.69) is 12.2 Å². The van der Waals surface area contributed by atoms with Crippen LogP contribution in [0.4, 0.5) is 0 Å². The van der Waals surface area contributed by atoms with Crippen LogP contribution in [-0.4, -0.2) is 24.2 Å². The van der Waals surface area contributed by atoms with Crippen molar-refractivity contribution in [2.24, 2.45) is 5.92 Å². The molecule has 4 heteroatoms. The molecule has 1 aromatic carbocycles. The summed E-state index contributed by atoms with van der Waals surface area (Å²) in [5, 5.41) is 3.10. The van der Waals surface area contributed by atoms with Crippen LogP contribution >= 0.6 is 0 Å². The number of carbonyl (C=O) groups is 1. The summed E-state index contributed by atoms with van der Waals surface area (Å²) in [5.74, 6) is 1.98. The number of para-hydroxylation sites is 2. The van der Waals surface area contributed by atoms with E-state index in [1.165, 1.54) is 6.42 Å². The number of rotatable bonds is 2. The fourth-order valence-electron chi connectivity index (χ4n) is 3.03. The SMILES string of the molecule is CC1CCC(NC(=O)C2Oc3ccccc3OC2C)C1. The summed E-state index contributed by atoms with van der Waals surface area (Å²) in [7, 11) is 0. The molecule has 108 valence electrons. The van der Waals surface area contributed by atoms with E-state index >= 15 is 0 Å². The summed E-state index contributed by atoms with van der Waals surface area (Å²) in [5.41, 5.74) is 0. The molecule has 4 unspecified atom stereocenters. The number of fused-ring (bicyclic) bond motifs is 1. The summed E-state index contributed by atoms with van der Waals surface area (Å²) >= 11 is 0. The molecule has 4 nitrogen and oxygen atoms in total. The molecule has 4 atom stereocenters. The smallest absolute Gasteiger partial charge is 0.265 e. The molecular formula is C16H21NO3. The lowest BCUT2D eigenvalue weighted by Gasteiger charge is -2.31. The van der Waals surface area contributed by atoms with E-state index in [0.29, 0.717) is 17.4 Å². The molecule has 0 saturated heterocycles. The van der Waals surface area contributed by atoms with Gasteiger partial charge in [-0.3, -0.25) is 4.79 Å². The van der Waals surface area contributed by atoms with Crippen LogP contribution in [0, 0.1) is 5.92 Å². The Morgan fingerprint density at radius 3 is 2.50 bits per heavy atom. The Bertz CT molecular complexity index is 502. The van der Waals surface area contributed by atoms with E-state index in [4.69, 9.17) is 9.47 Å². The standard InChI is InChI=1S/C16H21NO3/c1-10-7-8-12(9-10)17-16(18)15-11(2)19-13-5-3-4-6-14(13)20-15/h3-6,10-12,15H,7-9H2,1-2H3,(H,17,18). The summed E-state index contributed by atoms with van der Waals surface area (Å²) in [4.78, 5) is 12.4. The Kier molecular flexibility index (Phi) is 3.55. The van der Waals surface area contributed by atoms with Crippen molar-refractivity contribution in [3.05, 3.63) is 24.3 Å². The highest BCUT2D eigenvalue weighted by Crippen LogP contribution is 2.33. The van der Waals surface area contributed by atoms with Gasteiger partial charge in [-0.15, -0.1) is 0 Å². The van der Waals surface area contributed by atoms with Crippen molar-refractivity contribution in [1.82, 2.24) is 5.32 Å². The predicted octanol–water partition coefficient (Wildman–Crippen LogP) is 2.52. The molecule has 1 aliphatic heterocycles. The van der Waals surface area contributed by atoms with Crippen LogP contribution in [0.5, 0.6) is 11.5 Å². The minimum absolute atomic E-state index is 0.0638. The minimum atomic E-state index is -0.569. The lowest BCUT2D eigenvalue weighted by molar-refractivity contribution is -0.134. The maximum absolute atomic E-state index is 12.4. The van der Waals surface area contributed by atoms with Gasteiger partial charge < -0.3 is 14.8 Å². The van der Waals surface area contributed by atoms with Crippen molar-refractivity contribution < 1.29 is 14.3 Å². The van der Waals surface area contributed by atoms with E-state index in [-0.39, 0.29) is 18.1 Å². The Morgan fingerprint density at radius 2 is 1.85 bits per heavy atom. The normalized spacial score (nSPS) is 31.9. The molecule has 1 saturated carbocycles. The number of hydrogen-bond acceptors (Lipinski definition) is 3. The first-order chi connectivity index (χ1) is 9.63. The van der Waals surface area contributed by atoms with Crippen molar-refractivity contribution in [3.8, 4) is 11.5 Å². The van der Waals surface area contributed by atoms with E-state index in [9.17, 15) is 4.79 Å². The van der Waals surface area contributed by atoms with Gasteiger partial charge in [0.15, 0.2) is 11.5 Å². The molecule has 0 aromatic heterocycles. The first kappa shape index (κ1) is 13.3. The van der Waals surface area contributed by atoms with Crippen molar-refractivity contribution in [3.63, 3.8) is 0 Å². The lowest BCUT2D eigenvalue weighted by Crippen LogP contribution is -2.51. The highest BCUT2D eigenvalue weighted by molar-refractivity contribution is 5.82. The van der Waals surface area contributed by atoms with E-state index in [1.807, 2.05) is 31.2 Å². The zero-order valence-electron chi connectivity index (χ0n) is 12.0. The van der Waals surface area contributed by atoms with Gasteiger partial charge in [0.25, 0.3) is 5.91 Å². The molecular weight excluding hydrogens is 254 g/mol. The lowest BCUT2D eigenvalue weighted by atomic mass is 10.1. The van der Waals surface area contributed by atoms with Gasteiger partial charge in [0.2, 0.25) is 6.10 Å². The van der Waals surface area contributed by atoms with Crippen LogP contribution in [-0.2, 0) is 4.79 Å². The largest absolute Gasteiger partial charge is 0.482 e. The molecule has 1 heterocycles. The van der Waals surface area contributed by atoms with E-state index in [0.717, 1.165) is 12.8 Å². The number of benzene rings is 1.